The maximum absolute atomic E-state index is 5.94. The van der Waals surface area contributed by atoms with Gasteiger partial charge in [0.2, 0.25) is 5.95 Å². The van der Waals surface area contributed by atoms with E-state index in [0.717, 1.165) is 0 Å². The van der Waals surface area contributed by atoms with Crippen molar-refractivity contribution in [2.75, 3.05) is 12.4 Å². The molecular weight excluding hydrogens is 272 g/mol. The average Bonchev–Trinajstić information content (AvgIpc) is 2.33. The maximum atomic E-state index is 5.94. The van der Waals surface area contributed by atoms with E-state index in [-0.39, 0.29) is 5.15 Å². The Morgan fingerprint density at radius 1 is 1.28 bits per heavy atom. The molecule has 0 atom stereocenters. The summed E-state index contributed by atoms with van der Waals surface area (Å²) in [6.45, 7) is 0. The largest absolute Gasteiger partial charge is 0.497 e. The molecule has 0 spiro atoms. The highest BCUT2D eigenvalue weighted by Gasteiger charge is 2.04. The number of rotatable bonds is 3. The van der Waals surface area contributed by atoms with Crippen LogP contribution >= 0.6 is 23.2 Å². The molecule has 2 aromatic rings. The Morgan fingerprint density at radius 3 is 2.72 bits per heavy atom. The molecule has 0 saturated carbocycles. The summed E-state index contributed by atoms with van der Waals surface area (Å²) < 4.78 is 5.10. The summed E-state index contributed by atoms with van der Waals surface area (Å²) in [6, 6.07) is 5.18. The molecule has 1 aromatic heterocycles. The minimum absolute atomic E-state index is 0.196. The van der Waals surface area contributed by atoms with Crippen molar-refractivity contribution < 1.29 is 4.74 Å². The highest BCUT2D eigenvalue weighted by atomic mass is 35.5. The van der Waals surface area contributed by atoms with Crippen LogP contribution in [0, 0.1) is 0 Å². The summed E-state index contributed by atoms with van der Waals surface area (Å²) in [6.07, 6.45) is 1.43. The predicted octanol–water partition coefficient (Wildman–Crippen LogP) is 2.33. The maximum Gasteiger partial charge on any atom is 0.228 e. The third-order valence-corrected chi connectivity index (χ3v) is 2.65. The van der Waals surface area contributed by atoms with Gasteiger partial charge in [-0.15, -0.1) is 0 Å². The van der Waals surface area contributed by atoms with Gasteiger partial charge in [-0.25, -0.2) is 9.97 Å². The quantitative estimate of drug-likeness (QED) is 0.692. The van der Waals surface area contributed by atoms with Crippen molar-refractivity contribution in [2.45, 2.75) is 0 Å². The van der Waals surface area contributed by atoms with Crippen LogP contribution in [0.5, 0.6) is 5.75 Å². The second-order valence-corrected chi connectivity index (χ2v) is 4.24. The van der Waals surface area contributed by atoms with Crippen LogP contribution < -0.4 is 15.5 Å². The monoisotopic (exact) mass is 279 g/mol. The van der Waals surface area contributed by atoms with E-state index < -0.39 is 0 Å². The first-order valence-electron chi connectivity index (χ1n) is 4.98. The fourth-order valence-corrected chi connectivity index (χ4v) is 1.67. The van der Waals surface area contributed by atoms with Gasteiger partial charge in [-0.05, 0) is 17.6 Å². The molecule has 18 heavy (non-hydrogen) atoms. The molecule has 1 heterocycles. The van der Waals surface area contributed by atoms with Gasteiger partial charge in [0.1, 0.15) is 18.7 Å². The van der Waals surface area contributed by atoms with Crippen LogP contribution in [0.15, 0.2) is 24.4 Å². The van der Waals surface area contributed by atoms with Crippen LogP contribution in [-0.2, 0) is 0 Å². The number of benzene rings is 1. The van der Waals surface area contributed by atoms with Crippen LogP contribution in [-0.4, -0.2) is 24.9 Å². The topological polar surface area (TPSA) is 47.0 Å². The molecule has 0 amide bonds. The first kappa shape index (κ1) is 13.0. The SMILES string of the molecule is [B]c1cnc(Nc2cc(Cl)cc(OC)c2)nc1Cl. The Balaban J connectivity index is 2.27. The minimum Gasteiger partial charge on any atom is -0.497 e. The molecular formula is C11H8BCl2N3O. The number of nitrogens with one attached hydrogen (secondary N) is 1. The molecule has 0 aliphatic carbocycles. The van der Waals surface area contributed by atoms with Gasteiger partial charge in [0.15, 0.2) is 0 Å². The molecule has 0 bridgehead atoms. The molecule has 4 nitrogen and oxygen atoms in total. The van der Waals surface area contributed by atoms with Crippen molar-refractivity contribution in [1.82, 2.24) is 9.97 Å². The van der Waals surface area contributed by atoms with Gasteiger partial charge in [-0.2, -0.15) is 0 Å². The third-order valence-electron chi connectivity index (χ3n) is 2.13. The first-order valence-corrected chi connectivity index (χ1v) is 5.73. The minimum atomic E-state index is 0.196. The number of hydrogen-bond donors (Lipinski definition) is 1. The number of aromatic nitrogens is 2. The van der Waals surface area contributed by atoms with Gasteiger partial charge in [-0.3, -0.25) is 0 Å². The number of ether oxygens (including phenoxy) is 1. The van der Waals surface area contributed by atoms with Gasteiger partial charge < -0.3 is 10.1 Å². The number of methoxy groups -OCH3 is 1. The Kier molecular flexibility index (Phi) is 3.94. The van der Waals surface area contributed by atoms with Crippen molar-refractivity contribution in [3.05, 3.63) is 34.6 Å². The summed E-state index contributed by atoms with van der Waals surface area (Å²) in [5.74, 6) is 0.963. The number of hydrogen-bond acceptors (Lipinski definition) is 4. The number of anilines is 2. The zero-order valence-corrected chi connectivity index (χ0v) is 11.0. The smallest absolute Gasteiger partial charge is 0.228 e. The van der Waals surface area contributed by atoms with Crippen molar-refractivity contribution in [3.8, 4) is 5.75 Å². The first-order chi connectivity index (χ1) is 8.58. The fraction of sp³-hybridized carbons (Fsp3) is 0.0909. The van der Waals surface area contributed by atoms with E-state index in [1.165, 1.54) is 6.20 Å². The van der Waals surface area contributed by atoms with E-state index in [4.69, 9.17) is 35.8 Å². The highest BCUT2D eigenvalue weighted by Crippen LogP contribution is 2.25. The van der Waals surface area contributed by atoms with Crippen molar-refractivity contribution in [1.29, 1.82) is 0 Å². The van der Waals surface area contributed by atoms with E-state index in [0.29, 0.717) is 27.9 Å². The predicted molar refractivity (Wildman–Crippen MR) is 73.7 cm³/mol. The summed E-state index contributed by atoms with van der Waals surface area (Å²) in [7, 11) is 7.09. The normalized spacial score (nSPS) is 10.2. The van der Waals surface area contributed by atoms with E-state index >= 15 is 0 Å². The van der Waals surface area contributed by atoms with Crippen LogP contribution in [0.25, 0.3) is 0 Å². The van der Waals surface area contributed by atoms with Crippen LogP contribution in [0.2, 0.25) is 10.2 Å². The van der Waals surface area contributed by atoms with Crippen molar-refractivity contribution in [3.63, 3.8) is 0 Å². The number of halogens is 2. The highest BCUT2D eigenvalue weighted by molar-refractivity contribution is 6.44. The Hall–Kier alpha value is -1.46. The van der Waals surface area contributed by atoms with Crippen LogP contribution in [0.4, 0.5) is 11.6 Å². The summed E-state index contributed by atoms with van der Waals surface area (Å²) in [4.78, 5) is 7.99. The molecule has 90 valence electrons. The fourth-order valence-electron chi connectivity index (χ4n) is 1.31. The standard InChI is InChI=1S/C11H8BCl2N3O/c1-18-8-3-6(13)2-7(4-8)16-11-15-5-9(12)10(14)17-11/h2-5H,1H3,(H,15,16,17). The Bertz CT molecular complexity index is 580. The molecule has 0 aliphatic rings. The molecule has 7 heteroatoms. The Labute approximate surface area is 116 Å². The van der Waals surface area contributed by atoms with E-state index in [1.807, 2.05) is 0 Å². The molecule has 0 unspecified atom stereocenters. The van der Waals surface area contributed by atoms with E-state index in [9.17, 15) is 0 Å². The van der Waals surface area contributed by atoms with Crippen LogP contribution in [0.1, 0.15) is 0 Å². The molecule has 2 radical (unpaired) electrons. The molecule has 1 N–H and O–H groups in total. The van der Waals surface area contributed by atoms with Gasteiger partial charge in [0.05, 0.1) is 7.11 Å². The Morgan fingerprint density at radius 2 is 2.06 bits per heavy atom. The van der Waals surface area contributed by atoms with E-state index in [1.54, 1.807) is 25.3 Å². The van der Waals surface area contributed by atoms with Crippen molar-refractivity contribution in [2.24, 2.45) is 0 Å². The van der Waals surface area contributed by atoms with Gasteiger partial charge in [0, 0.05) is 23.0 Å². The molecule has 1 aromatic carbocycles. The number of nitrogens with zero attached hydrogens (tertiary/aromatic N) is 2. The molecule has 0 fully saturated rings. The zero-order valence-electron chi connectivity index (χ0n) is 9.45. The van der Waals surface area contributed by atoms with Crippen LogP contribution in [0.3, 0.4) is 0 Å². The zero-order chi connectivity index (χ0) is 13.1. The van der Waals surface area contributed by atoms with Gasteiger partial charge in [-0.1, -0.05) is 23.2 Å². The average molecular weight is 280 g/mol. The third kappa shape index (κ3) is 3.06. The lowest BCUT2D eigenvalue weighted by molar-refractivity contribution is 0.415. The molecule has 2 rings (SSSR count). The summed E-state index contributed by atoms with van der Waals surface area (Å²) in [5, 5.41) is 3.70. The summed E-state index contributed by atoms with van der Waals surface area (Å²) in [5.41, 5.74) is 1.02. The molecule has 0 saturated heterocycles. The lowest BCUT2D eigenvalue weighted by Crippen LogP contribution is -2.09. The van der Waals surface area contributed by atoms with Crippen molar-refractivity contribution >= 4 is 48.1 Å². The lowest BCUT2D eigenvalue weighted by Gasteiger charge is -2.08. The van der Waals surface area contributed by atoms with E-state index in [2.05, 4.69) is 15.3 Å². The van der Waals surface area contributed by atoms with Gasteiger partial charge >= 0.3 is 0 Å². The second-order valence-electron chi connectivity index (χ2n) is 3.44. The van der Waals surface area contributed by atoms with Gasteiger partial charge in [0.25, 0.3) is 0 Å². The lowest BCUT2D eigenvalue weighted by atomic mass is 10.0. The summed E-state index contributed by atoms with van der Waals surface area (Å²) >= 11 is 11.7. The molecule has 0 aliphatic heterocycles. The second kappa shape index (κ2) is 5.46.